The van der Waals surface area contributed by atoms with Crippen molar-refractivity contribution in [2.24, 2.45) is 0 Å². The summed E-state index contributed by atoms with van der Waals surface area (Å²) in [5.41, 5.74) is 1.81. The van der Waals surface area contributed by atoms with E-state index in [2.05, 4.69) is 29.9 Å². The molecular weight excluding hydrogens is 454 g/mol. The summed E-state index contributed by atoms with van der Waals surface area (Å²) in [7, 11) is 1.59. The number of methoxy groups -OCH3 is 1. The van der Waals surface area contributed by atoms with Crippen molar-refractivity contribution in [3.63, 3.8) is 0 Å². The van der Waals surface area contributed by atoms with Crippen LogP contribution in [0.2, 0.25) is 5.02 Å². The van der Waals surface area contributed by atoms with E-state index >= 15 is 0 Å². The van der Waals surface area contributed by atoms with Gasteiger partial charge in [0.25, 0.3) is 0 Å². The van der Waals surface area contributed by atoms with Crippen molar-refractivity contribution in [2.75, 3.05) is 25.6 Å². The molecule has 0 aliphatic carbocycles. The predicted octanol–water partition coefficient (Wildman–Crippen LogP) is 4.26. The summed E-state index contributed by atoms with van der Waals surface area (Å²) in [4.78, 5) is 24.1. The van der Waals surface area contributed by atoms with Gasteiger partial charge in [-0.3, -0.25) is 9.51 Å². The Labute approximate surface area is 192 Å². The topological polar surface area (TPSA) is 115 Å². The molecule has 166 valence electrons. The van der Waals surface area contributed by atoms with Crippen LogP contribution in [0.5, 0.6) is 11.5 Å². The number of thiophene rings is 1. The molecule has 0 atom stereocenters. The van der Waals surface area contributed by atoms with E-state index in [0.717, 1.165) is 22.6 Å². The second-order valence-corrected chi connectivity index (χ2v) is 8.07. The smallest absolute Gasteiger partial charge is 0.439 e. The molecule has 11 heteroatoms. The van der Waals surface area contributed by atoms with Crippen molar-refractivity contribution >= 4 is 28.8 Å². The van der Waals surface area contributed by atoms with Crippen LogP contribution >= 0.6 is 22.9 Å². The number of aromatic nitrogens is 4. The molecule has 3 heterocycles. The summed E-state index contributed by atoms with van der Waals surface area (Å²) in [6.45, 7) is 3.02. The molecule has 0 spiro atoms. The third-order valence-corrected chi connectivity index (χ3v) is 5.95. The van der Waals surface area contributed by atoms with Crippen LogP contribution < -0.4 is 20.5 Å². The molecular formula is C21H20ClN5O4S. The van der Waals surface area contributed by atoms with Crippen molar-refractivity contribution in [2.45, 2.75) is 13.3 Å². The van der Waals surface area contributed by atoms with Crippen LogP contribution in [0, 0.1) is 0 Å². The minimum Gasteiger partial charge on any atom is -0.495 e. The Morgan fingerprint density at radius 1 is 1.22 bits per heavy atom. The lowest BCUT2D eigenvalue weighted by atomic mass is 10.1. The van der Waals surface area contributed by atoms with Gasteiger partial charge in [0.15, 0.2) is 5.82 Å². The van der Waals surface area contributed by atoms with Gasteiger partial charge >= 0.3 is 5.76 Å². The van der Waals surface area contributed by atoms with E-state index in [9.17, 15) is 4.79 Å². The molecule has 0 bridgehead atoms. The molecule has 0 unspecified atom stereocenters. The Kier molecular flexibility index (Phi) is 6.72. The summed E-state index contributed by atoms with van der Waals surface area (Å²) < 4.78 is 15.5. The average Bonchev–Trinajstić information content (AvgIpc) is 3.41. The number of ether oxygens (including phenoxy) is 2. The van der Waals surface area contributed by atoms with E-state index < -0.39 is 5.76 Å². The molecule has 0 amide bonds. The monoisotopic (exact) mass is 473 g/mol. The largest absolute Gasteiger partial charge is 0.495 e. The Hall–Kier alpha value is -3.37. The molecule has 0 fully saturated rings. The van der Waals surface area contributed by atoms with Gasteiger partial charge in [-0.05, 0) is 31.0 Å². The third kappa shape index (κ3) is 4.92. The Morgan fingerprint density at radius 2 is 2.09 bits per heavy atom. The van der Waals surface area contributed by atoms with E-state index in [1.807, 2.05) is 37.3 Å². The first-order chi connectivity index (χ1) is 15.6. The van der Waals surface area contributed by atoms with Gasteiger partial charge in [0, 0.05) is 18.7 Å². The first-order valence-corrected chi connectivity index (χ1v) is 11.0. The second kappa shape index (κ2) is 9.84. The highest BCUT2D eigenvalue weighted by molar-refractivity contribution is 7.19. The minimum absolute atomic E-state index is 0.320. The zero-order chi connectivity index (χ0) is 22.5. The van der Waals surface area contributed by atoms with Crippen LogP contribution in [0.15, 0.2) is 46.0 Å². The maximum absolute atomic E-state index is 11.3. The molecule has 32 heavy (non-hydrogen) atoms. The van der Waals surface area contributed by atoms with Crippen LogP contribution in [-0.2, 0) is 6.42 Å². The summed E-state index contributed by atoms with van der Waals surface area (Å²) in [5, 5.41) is 7.66. The second-order valence-electron chi connectivity index (χ2n) is 6.61. The van der Waals surface area contributed by atoms with Gasteiger partial charge in [-0.1, -0.05) is 22.8 Å². The SMILES string of the molecule is CCOc1cc(-c2cc(NCCc3ccc(OC)c(Cl)c3)ncn2)sc1-c1noc(=O)[nH]1. The fourth-order valence-electron chi connectivity index (χ4n) is 3.04. The number of rotatable bonds is 9. The Bertz CT molecular complexity index is 1270. The molecule has 1 aromatic carbocycles. The summed E-state index contributed by atoms with van der Waals surface area (Å²) >= 11 is 7.58. The van der Waals surface area contributed by atoms with E-state index in [1.54, 1.807) is 7.11 Å². The Balaban J connectivity index is 1.49. The van der Waals surface area contributed by atoms with Crippen LogP contribution in [0.25, 0.3) is 21.3 Å². The molecule has 0 aliphatic rings. The van der Waals surface area contributed by atoms with Crippen molar-refractivity contribution in [3.8, 4) is 32.8 Å². The van der Waals surface area contributed by atoms with E-state index in [-0.39, 0.29) is 0 Å². The zero-order valence-electron chi connectivity index (χ0n) is 17.3. The first-order valence-electron chi connectivity index (χ1n) is 9.79. The molecule has 0 saturated heterocycles. The number of benzene rings is 1. The number of nitrogens with one attached hydrogen (secondary N) is 2. The van der Waals surface area contributed by atoms with Gasteiger partial charge in [-0.25, -0.2) is 14.8 Å². The maximum atomic E-state index is 11.3. The fourth-order valence-corrected chi connectivity index (χ4v) is 4.33. The van der Waals surface area contributed by atoms with Crippen molar-refractivity contribution in [1.29, 1.82) is 0 Å². The maximum Gasteiger partial charge on any atom is 0.439 e. The quantitative estimate of drug-likeness (QED) is 0.370. The van der Waals surface area contributed by atoms with Crippen molar-refractivity contribution in [1.82, 2.24) is 20.1 Å². The highest BCUT2D eigenvalue weighted by atomic mass is 35.5. The lowest BCUT2D eigenvalue weighted by Gasteiger charge is -2.08. The van der Waals surface area contributed by atoms with Gasteiger partial charge in [0.1, 0.15) is 28.5 Å². The van der Waals surface area contributed by atoms with Gasteiger partial charge in [0.2, 0.25) is 0 Å². The predicted molar refractivity (Wildman–Crippen MR) is 123 cm³/mol. The normalized spacial score (nSPS) is 10.8. The van der Waals surface area contributed by atoms with Gasteiger partial charge < -0.3 is 14.8 Å². The van der Waals surface area contributed by atoms with Gasteiger partial charge in [-0.2, -0.15) is 0 Å². The van der Waals surface area contributed by atoms with Gasteiger partial charge in [0.05, 0.1) is 29.3 Å². The van der Waals surface area contributed by atoms with Crippen molar-refractivity contribution < 1.29 is 14.0 Å². The lowest BCUT2D eigenvalue weighted by molar-refractivity contribution is 0.342. The summed E-state index contributed by atoms with van der Waals surface area (Å²) in [6.07, 6.45) is 2.26. The molecule has 9 nitrogen and oxygen atoms in total. The number of hydrogen-bond acceptors (Lipinski definition) is 9. The highest BCUT2D eigenvalue weighted by Gasteiger charge is 2.18. The lowest BCUT2D eigenvalue weighted by Crippen LogP contribution is -2.06. The number of H-pyrrole nitrogens is 1. The molecule has 0 radical (unpaired) electrons. The molecule has 2 N–H and O–H groups in total. The number of aromatic amines is 1. The fraction of sp³-hybridized carbons (Fsp3) is 0.238. The average molecular weight is 474 g/mol. The van der Waals surface area contributed by atoms with E-state index in [1.165, 1.54) is 17.7 Å². The Morgan fingerprint density at radius 3 is 2.81 bits per heavy atom. The number of halogens is 1. The molecule has 0 aliphatic heterocycles. The highest BCUT2D eigenvalue weighted by Crippen LogP contribution is 2.41. The molecule has 3 aromatic heterocycles. The summed E-state index contributed by atoms with van der Waals surface area (Å²) in [6, 6.07) is 9.45. The van der Waals surface area contributed by atoms with Crippen LogP contribution in [0.1, 0.15) is 12.5 Å². The van der Waals surface area contributed by atoms with E-state index in [0.29, 0.717) is 46.2 Å². The number of anilines is 1. The van der Waals surface area contributed by atoms with Crippen molar-refractivity contribution in [3.05, 3.63) is 57.8 Å². The third-order valence-electron chi connectivity index (χ3n) is 4.51. The minimum atomic E-state index is -0.621. The molecule has 4 aromatic rings. The van der Waals surface area contributed by atoms with Crippen LogP contribution in [0.4, 0.5) is 5.82 Å². The van der Waals surface area contributed by atoms with Crippen LogP contribution in [0.3, 0.4) is 0 Å². The summed E-state index contributed by atoms with van der Waals surface area (Å²) in [5.74, 6) is 1.64. The molecule has 0 saturated carbocycles. The standard InChI is InChI=1S/C21H20ClN5O4S/c1-3-30-16-10-17(32-19(16)20-26-21(28)31-27-20)14-9-18(25-11-24-14)23-7-6-12-4-5-15(29-2)13(22)8-12/h4-5,8-11H,3,6-7H2,1-2H3,(H,23,24,25)(H,26,27,28). The van der Waals surface area contributed by atoms with Gasteiger partial charge in [-0.15, -0.1) is 11.3 Å². The first kappa shape index (κ1) is 21.8. The van der Waals surface area contributed by atoms with Crippen LogP contribution in [-0.4, -0.2) is 40.4 Å². The number of nitrogens with zero attached hydrogens (tertiary/aromatic N) is 3. The molecule has 4 rings (SSSR count). The van der Waals surface area contributed by atoms with E-state index in [4.69, 9.17) is 21.1 Å². The number of hydrogen-bond donors (Lipinski definition) is 2. The zero-order valence-corrected chi connectivity index (χ0v) is 18.9.